The first-order chi connectivity index (χ1) is 3.27. The van der Waals surface area contributed by atoms with Crippen LogP contribution in [0.3, 0.4) is 0 Å². The van der Waals surface area contributed by atoms with Gasteiger partial charge in [0.05, 0.1) is 0 Å². The molecule has 0 saturated heterocycles. The zero-order valence-electron chi connectivity index (χ0n) is 4.15. The summed E-state index contributed by atoms with van der Waals surface area (Å²) in [5, 5.41) is 0. The predicted octanol–water partition coefficient (Wildman–Crippen LogP) is 1.72. The summed E-state index contributed by atoms with van der Waals surface area (Å²) >= 11 is 5.11. The maximum atomic E-state index is 10.1. The Kier molecular flexibility index (Phi) is 3.71. The Morgan fingerprint density at radius 1 is 1.86 bits per heavy atom. The summed E-state index contributed by atoms with van der Waals surface area (Å²) < 4.78 is 0. The number of rotatable bonds is 2. The minimum atomic E-state index is 0.136. The highest BCUT2D eigenvalue weighted by Gasteiger charge is 1.82. The van der Waals surface area contributed by atoms with Gasteiger partial charge in [-0.3, -0.25) is 4.79 Å². The second-order valence-electron chi connectivity index (χ2n) is 1.27. The van der Waals surface area contributed by atoms with Gasteiger partial charge < -0.3 is 0 Å². The zero-order chi connectivity index (χ0) is 5.70. The number of hydrogen-bond donors (Lipinski definition) is 0. The van der Waals surface area contributed by atoms with Crippen molar-refractivity contribution in [3.05, 3.63) is 11.6 Å². The topological polar surface area (TPSA) is 17.1 Å². The quantitative estimate of drug-likeness (QED) is 0.540. The van der Waals surface area contributed by atoms with Crippen molar-refractivity contribution in [1.29, 1.82) is 0 Å². The predicted molar refractivity (Wildman–Crippen MR) is 30.3 cm³/mol. The van der Waals surface area contributed by atoms with Gasteiger partial charge in [0, 0.05) is 12.0 Å². The molecule has 0 aromatic heterocycles. The lowest BCUT2D eigenvalue weighted by molar-refractivity contribution is -0.116. The summed E-state index contributed by atoms with van der Waals surface area (Å²) in [5.41, 5.74) is 1.35. The summed E-state index contributed by atoms with van der Waals surface area (Å²) in [7, 11) is 0. The number of carbonyl (C=O) groups excluding carboxylic acids is 1. The summed E-state index contributed by atoms with van der Waals surface area (Å²) in [4.78, 5) is 10.1. The summed E-state index contributed by atoms with van der Waals surface area (Å²) in [6.07, 6.45) is 2.06. The minimum absolute atomic E-state index is 0.136. The van der Waals surface area contributed by atoms with E-state index in [4.69, 9.17) is 11.6 Å². The number of halogens is 1. The molecule has 0 bridgehead atoms. The van der Waals surface area contributed by atoms with E-state index in [0.717, 1.165) is 0 Å². The van der Waals surface area contributed by atoms with Crippen molar-refractivity contribution in [2.45, 2.75) is 13.3 Å². The lowest BCUT2D eigenvalue weighted by atomic mass is 10.3. The summed E-state index contributed by atoms with van der Waals surface area (Å²) in [5.74, 6) is 0.136. The van der Waals surface area contributed by atoms with Gasteiger partial charge in [-0.25, -0.2) is 0 Å². The minimum Gasteiger partial charge on any atom is -0.300 e. The molecule has 1 nitrogen and oxygen atoms in total. The van der Waals surface area contributed by atoms with E-state index >= 15 is 0 Å². The molecule has 2 heteroatoms. The van der Waals surface area contributed by atoms with Crippen LogP contribution < -0.4 is 0 Å². The maximum absolute atomic E-state index is 10.1. The molecule has 40 valence electrons. The van der Waals surface area contributed by atoms with Crippen LogP contribution in [0.1, 0.15) is 13.3 Å². The Labute approximate surface area is 48.0 Å². The van der Waals surface area contributed by atoms with Gasteiger partial charge in [0.2, 0.25) is 0 Å². The normalized spacial score (nSPS) is 10.0. The third kappa shape index (κ3) is 5.70. The molecule has 0 rings (SSSR count). The van der Waals surface area contributed by atoms with E-state index in [2.05, 4.69) is 0 Å². The molecule has 0 radical (unpaired) electrons. The van der Waals surface area contributed by atoms with Crippen LogP contribution in [0.15, 0.2) is 11.6 Å². The van der Waals surface area contributed by atoms with Crippen LogP contribution in [0.2, 0.25) is 0 Å². The largest absolute Gasteiger partial charge is 0.300 e. The number of allylic oxidation sites excluding steroid dienone is 1. The van der Waals surface area contributed by atoms with Gasteiger partial charge in [-0.1, -0.05) is 17.7 Å². The van der Waals surface area contributed by atoms with Crippen LogP contribution in [0, 0.1) is 0 Å². The van der Waals surface area contributed by atoms with Gasteiger partial charge in [-0.05, 0) is 6.92 Å². The van der Waals surface area contributed by atoms with E-state index in [9.17, 15) is 4.79 Å². The molecule has 0 aliphatic rings. The molecule has 0 heterocycles. The van der Waals surface area contributed by atoms with Crippen LogP contribution >= 0.6 is 11.6 Å². The molecule has 0 N–H and O–H groups in total. The molecule has 7 heavy (non-hydrogen) atoms. The van der Waals surface area contributed by atoms with E-state index in [1.54, 1.807) is 6.08 Å². The van der Waals surface area contributed by atoms with Gasteiger partial charge >= 0.3 is 0 Å². The molecule has 0 aliphatic carbocycles. The van der Waals surface area contributed by atoms with E-state index in [1.807, 2.05) is 0 Å². The summed E-state index contributed by atoms with van der Waals surface area (Å²) in [6, 6.07) is 0. The SMILES string of the molecule is CC(=O)C/C=C\Cl. The van der Waals surface area contributed by atoms with Gasteiger partial charge in [-0.2, -0.15) is 0 Å². The molecule has 0 aliphatic heterocycles. The van der Waals surface area contributed by atoms with Gasteiger partial charge in [0.15, 0.2) is 0 Å². The highest BCUT2D eigenvalue weighted by Crippen LogP contribution is 1.85. The molecule has 0 fully saturated rings. The fourth-order valence-electron chi connectivity index (χ4n) is 0.211. The Morgan fingerprint density at radius 2 is 2.43 bits per heavy atom. The third-order valence-electron chi connectivity index (χ3n) is 0.494. The number of hydrogen-bond acceptors (Lipinski definition) is 1. The Balaban J connectivity index is 3.14. The molecule has 0 aromatic carbocycles. The summed E-state index contributed by atoms with van der Waals surface area (Å²) in [6.45, 7) is 1.52. The standard InChI is InChI=1S/C5H7ClO/c1-5(7)3-2-4-6/h2,4H,3H2,1H3/b4-2-. The molecule has 0 atom stereocenters. The van der Waals surface area contributed by atoms with Crippen LogP contribution in [-0.4, -0.2) is 5.78 Å². The number of Topliss-reactive ketones (excluding diaryl/α,β-unsaturated/α-hetero) is 1. The van der Waals surface area contributed by atoms with Crippen molar-refractivity contribution in [3.8, 4) is 0 Å². The highest BCUT2D eigenvalue weighted by atomic mass is 35.5. The molecular weight excluding hydrogens is 112 g/mol. The van der Waals surface area contributed by atoms with Gasteiger partial charge in [-0.15, -0.1) is 0 Å². The van der Waals surface area contributed by atoms with Gasteiger partial charge in [0.25, 0.3) is 0 Å². The molecule has 0 aromatic rings. The molecule has 0 spiro atoms. The second kappa shape index (κ2) is 3.88. The molecule has 0 unspecified atom stereocenters. The van der Waals surface area contributed by atoms with E-state index in [0.29, 0.717) is 6.42 Å². The van der Waals surface area contributed by atoms with Crippen molar-refractivity contribution >= 4 is 17.4 Å². The fraction of sp³-hybridized carbons (Fsp3) is 0.400. The Hall–Kier alpha value is -0.300. The van der Waals surface area contributed by atoms with Gasteiger partial charge in [0.1, 0.15) is 5.78 Å². The third-order valence-corrected chi connectivity index (χ3v) is 0.673. The first-order valence-electron chi connectivity index (χ1n) is 2.02. The maximum Gasteiger partial charge on any atom is 0.133 e. The van der Waals surface area contributed by atoms with Crippen molar-refractivity contribution in [3.63, 3.8) is 0 Å². The van der Waals surface area contributed by atoms with Crippen LogP contribution in [0.4, 0.5) is 0 Å². The molecular formula is C5H7ClO. The lowest BCUT2D eigenvalue weighted by Gasteiger charge is -1.77. The van der Waals surface area contributed by atoms with Crippen LogP contribution in [0.5, 0.6) is 0 Å². The molecule has 0 amide bonds. The van der Waals surface area contributed by atoms with E-state index in [-0.39, 0.29) is 5.78 Å². The first kappa shape index (κ1) is 6.70. The monoisotopic (exact) mass is 118 g/mol. The van der Waals surface area contributed by atoms with Crippen molar-refractivity contribution in [2.24, 2.45) is 0 Å². The van der Waals surface area contributed by atoms with Crippen molar-refractivity contribution in [2.75, 3.05) is 0 Å². The molecule has 0 saturated carbocycles. The average Bonchev–Trinajstić information content (AvgIpc) is 1.61. The number of ketones is 1. The average molecular weight is 119 g/mol. The zero-order valence-corrected chi connectivity index (χ0v) is 4.90. The van der Waals surface area contributed by atoms with E-state index < -0.39 is 0 Å². The number of carbonyl (C=O) groups is 1. The smallest absolute Gasteiger partial charge is 0.133 e. The van der Waals surface area contributed by atoms with Crippen LogP contribution in [-0.2, 0) is 4.79 Å². The van der Waals surface area contributed by atoms with E-state index in [1.165, 1.54) is 12.5 Å². The highest BCUT2D eigenvalue weighted by molar-refractivity contribution is 6.25. The first-order valence-corrected chi connectivity index (χ1v) is 2.45. The van der Waals surface area contributed by atoms with Crippen molar-refractivity contribution < 1.29 is 4.79 Å². The fourth-order valence-corrected chi connectivity index (χ4v) is 0.300. The second-order valence-corrected chi connectivity index (χ2v) is 1.52. The Morgan fingerprint density at radius 3 is 2.57 bits per heavy atom. The van der Waals surface area contributed by atoms with Crippen LogP contribution in [0.25, 0.3) is 0 Å². The van der Waals surface area contributed by atoms with Crippen molar-refractivity contribution in [1.82, 2.24) is 0 Å². The Bertz CT molecular complexity index is 86.1. The lowest BCUT2D eigenvalue weighted by Crippen LogP contribution is -1.82.